The molecule has 0 aromatic heterocycles. The van der Waals surface area contributed by atoms with E-state index in [4.69, 9.17) is 17.1 Å². The van der Waals surface area contributed by atoms with Crippen molar-refractivity contribution in [1.29, 1.82) is 0 Å². The van der Waals surface area contributed by atoms with Crippen LogP contribution in [0.2, 0.25) is 5.02 Å². The molecule has 0 radical (unpaired) electrons. The number of azide groups is 1. The van der Waals surface area contributed by atoms with E-state index < -0.39 is 0 Å². The molecule has 0 saturated carbocycles. The van der Waals surface area contributed by atoms with E-state index in [9.17, 15) is 0 Å². The third kappa shape index (κ3) is 3.88. The number of rotatable bonds is 4. The molecule has 0 spiro atoms. The smallest absolute Gasteiger partial charge is 0.0517 e. The minimum Gasteiger partial charge on any atom is -0.0893 e. The minimum absolute atomic E-state index is 0.323. The molecule has 0 aliphatic rings. The highest BCUT2D eigenvalue weighted by atomic mass is 35.5. The summed E-state index contributed by atoms with van der Waals surface area (Å²) in [6, 6.07) is 17.4. The van der Waals surface area contributed by atoms with Crippen LogP contribution >= 0.6 is 11.6 Å². The quantitative estimate of drug-likeness (QED) is 0.317. The number of hydrogen-bond donors (Lipinski definition) is 0. The molecule has 94 valence electrons. The summed E-state index contributed by atoms with van der Waals surface area (Å²) in [7, 11) is 0. The minimum atomic E-state index is 0.323. The van der Waals surface area contributed by atoms with Crippen molar-refractivity contribution in [3.05, 3.63) is 81.2 Å². The maximum Gasteiger partial charge on any atom is 0.0517 e. The van der Waals surface area contributed by atoms with Gasteiger partial charge < -0.3 is 0 Å². The number of halogens is 1. The molecular weight excluding hydrogens is 258 g/mol. The normalized spacial score (nSPS) is 10.9. The fraction of sp³-hybridized carbons (Fsp3) is 0.0667. The predicted molar refractivity (Wildman–Crippen MR) is 79.8 cm³/mol. The van der Waals surface area contributed by atoms with Gasteiger partial charge in [0.15, 0.2) is 0 Å². The molecule has 0 atom stereocenters. The van der Waals surface area contributed by atoms with Gasteiger partial charge in [-0.25, -0.2) is 0 Å². The van der Waals surface area contributed by atoms with Gasteiger partial charge in [-0.3, -0.25) is 0 Å². The van der Waals surface area contributed by atoms with Crippen molar-refractivity contribution >= 4 is 23.3 Å². The summed E-state index contributed by atoms with van der Waals surface area (Å²) < 4.78 is 0. The van der Waals surface area contributed by atoms with Gasteiger partial charge in [0.1, 0.15) is 0 Å². The second kappa shape index (κ2) is 6.64. The molecule has 2 aromatic rings. The molecule has 0 fully saturated rings. The summed E-state index contributed by atoms with van der Waals surface area (Å²) in [5, 5.41) is 4.35. The Bertz CT molecular complexity index is 612. The molecule has 0 N–H and O–H groups in total. The largest absolute Gasteiger partial charge is 0.0893 e. The summed E-state index contributed by atoms with van der Waals surface area (Å²) in [6.07, 6.45) is 2.00. The first kappa shape index (κ1) is 13.2. The average Bonchev–Trinajstić information content (AvgIpc) is 2.46. The fourth-order valence-corrected chi connectivity index (χ4v) is 1.87. The molecule has 19 heavy (non-hydrogen) atoms. The molecule has 0 aliphatic heterocycles. The van der Waals surface area contributed by atoms with E-state index in [-0.39, 0.29) is 0 Å². The third-order valence-electron chi connectivity index (χ3n) is 2.66. The Morgan fingerprint density at radius 3 is 2.42 bits per heavy atom. The molecule has 0 unspecified atom stereocenters. The molecule has 3 nitrogen and oxygen atoms in total. The molecule has 4 heteroatoms. The van der Waals surface area contributed by atoms with E-state index in [1.807, 2.05) is 60.7 Å². The first-order valence-corrected chi connectivity index (χ1v) is 6.20. The molecule has 0 bridgehead atoms. The summed E-state index contributed by atoms with van der Waals surface area (Å²) in [5.41, 5.74) is 11.5. The van der Waals surface area contributed by atoms with Crippen LogP contribution in [0.1, 0.15) is 11.1 Å². The van der Waals surface area contributed by atoms with Crippen LogP contribution < -0.4 is 0 Å². The summed E-state index contributed by atoms with van der Waals surface area (Å²) >= 11 is 5.86. The van der Waals surface area contributed by atoms with Gasteiger partial charge in [0.05, 0.1) is 6.54 Å². The van der Waals surface area contributed by atoms with E-state index >= 15 is 0 Å². The Hall–Kier alpha value is -2.22. The van der Waals surface area contributed by atoms with Crippen LogP contribution in [-0.2, 0) is 0 Å². The van der Waals surface area contributed by atoms with Gasteiger partial charge in [-0.1, -0.05) is 65.3 Å². The lowest BCUT2D eigenvalue weighted by Crippen LogP contribution is -1.88. The molecule has 0 aliphatic carbocycles. The van der Waals surface area contributed by atoms with Gasteiger partial charge in [0.2, 0.25) is 0 Å². The van der Waals surface area contributed by atoms with Crippen molar-refractivity contribution in [3.63, 3.8) is 0 Å². The van der Waals surface area contributed by atoms with E-state index in [0.717, 1.165) is 16.7 Å². The molecule has 0 amide bonds. The van der Waals surface area contributed by atoms with Crippen molar-refractivity contribution < 1.29 is 0 Å². The second-order valence-electron chi connectivity index (χ2n) is 3.98. The van der Waals surface area contributed by atoms with Crippen molar-refractivity contribution in [2.24, 2.45) is 5.11 Å². The lowest BCUT2D eigenvalue weighted by atomic mass is 10.0. The first-order chi connectivity index (χ1) is 9.29. The highest BCUT2D eigenvalue weighted by molar-refractivity contribution is 6.30. The van der Waals surface area contributed by atoms with Crippen LogP contribution in [0.4, 0.5) is 0 Å². The van der Waals surface area contributed by atoms with Crippen molar-refractivity contribution in [2.75, 3.05) is 6.54 Å². The van der Waals surface area contributed by atoms with Crippen LogP contribution in [-0.4, -0.2) is 6.54 Å². The van der Waals surface area contributed by atoms with Crippen LogP contribution in [0, 0.1) is 0 Å². The maximum absolute atomic E-state index is 8.48. The number of hydrogen-bond acceptors (Lipinski definition) is 1. The van der Waals surface area contributed by atoms with Crippen molar-refractivity contribution in [3.8, 4) is 0 Å². The van der Waals surface area contributed by atoms with Crippen molar-refractivity contribution in [1.82, 2.24) is 0 Å². The summed E-state index contributed by atoms with van der Waals surface area (Å²) in [6.45, 7) is 0.323. The Morgan fingerprint density at radius 2 is 1.79 bits per heavy atom. The highest BCUT2D eigenvalue weighted by Crippen LogP contribution is 2.20. The maximum atomic E-state index is 8.48. The lowest BCUT2D eigenvalue weighted by Gasteiger charge is -2.05. The van der Waals surface area contributed by atoms with Crippen LogP contribution in [0.15, 0.2) is 59.7 Å². The average molecular weight is 270 g/mol. The van der Waals surface area contributed by atoms with Crippen LogP contribution in [0.3, 0.4) is 0 Å². The zero-order chi connectivity index (χ0) is 13.5. The third-order valence-corrected chi connectivity index (χ3v) is 2.91. The zero-order valence-electron chi connectivity index (χ0n) is 10.2. The Balaban J connectivity index is 2.37. The van der Waals surface area contributed by atoms with Gasteiger partial charge in [-0.15, -0.1) is 0 Å². The molecule has 0 saturated heterocycles. The van der Waals surface area contributed by atoms with Crippen molar-refractivity contribution in [2.45, 2.75) is 0 Å². The monoisotopic (exact) mass is 269 g/mol. The zero-order valence-corrected chi connectivity index (χ0v) is 11.0. The lowest BCUT2D eigenvalue weighted by molar-refractivity contribution is 1.23. The highest BCUT2D eigenvalue weighted by Gasteiger charge is 2.00. The SMILES string of the molecule is [N-]=[N+]=NCC(=Cc1ccc(Cl)cc1)c1ccccc1. The van der Waals surface area contributed by atoms with Gasteiger partial charge >= 0.3 is 0 Å². The van der Waals surface area contributed by atoms with Gasteiger partial charge in [0, 0.05) is 9.93 Å². The predicted octanol–water partition coefficient (Wildman–Crippen LogP) is 5.19. The van der Waals surface area contributed by atoms with Gasteiger partial charge in [0.25, 0.3) is 0 Å². The molecule has 2 rings (SSSR count). The summed E-state index contributed by atoms with van der Waals surface area (Å²) in [4.78, 5) is 2.82. The Morgan fingerprint density at radius 1 is 1.11 bits per heavy atom. The Labute approximate surface area is 116 Å². The molecular formula is C15H12ClN3. The van der Waals surface area contributed by atoms with E-state index in [0.29, 0.717) is 11.6 Å². The van der Waals surface area contributed by atoms with Crippen LogP contribution in [0.25, 0.3) is 22.1 Å². The number of benzene rings is 2. The topological polar surface area (TPSA) is 48.8 Å². The van der Waals surface area contributed by atoms with Crippen LogP contribution in [0.5, 0.6) is 0 Å². The number of nitrogens with zero attached hydrogens (tertiary/aromatic N) is 3. The van der Waals surface area contributed by atoms with E-state index in [1.54, 1.807) is 0 Å². The van der Waals surface area contributed by atoms with E-state index in [2.05, 4.69) is 10.0 Å². The van der Waals surface area contributed by atoms with Gasteiger partial charge in [-0.2, -0.15) is 0 Å². The standard InChI is InChI=1S/C15H12ClN3/c16-15-8-6-12(7-9-15)10-14(11-18-19-17)13-4-2-1-3-5-13/h1-10H,11H2. The fourth-order valence-electron chi connectivity index (χ4n) is 1.74. The van der Waals surface area contributed by atoms with Gasteiger partial charge in [-0.05, 0) is 34.4 Å². The molecule has 2 aromatic carbocycles. The summed E-state index contributed by atoms with van der Waals surface area (Å²) in [5.74, 6) is 0. The Kier molecular flexibility index (Phi) is 4.62. The molecule has 0 heterocycles. The van der Waals surface area contributed by atoms with E-state index in [1.165, 1.54) is 0 Å². The first-order valence-electron chi connectivity index (χ1n) is 5.82. The second-order valence-corrected chi connectivity index (χ2v) is 4.41.